The predicted octanol–water partition coefficient (Wildman–Crippen LogP) is 0.690. The van der Waals surface area contributed by atoms with Crippen LogP contribution in [0.15, 0.2) is 45.8 Å². The molecule has 3 N–H and O–H groups in total. The van der Waals surface area contributed by atoms with Crippen LogP contribution in [-0.2, 0) is 24.4 Å². The Bertz CT molecular complexity index is 1890. The Kier molecular flexibility index (Phi) is 7.70. The number of nitrogens with zero attached hydrogens (tertiary/aromatic N) is 8. The third-order valence-electron chi connectivity index (χ3n) is 7.56. The van der Waals surface area contributed by atoms with Crippen LogP contribution < -0.4 is 21.6 Å². The molecule has 0 spiro atoms. The summed E-state index contributed by atoms with van der Waals surface area (Å²) in [5, 5.41) is 7.06. The quantitative estimate of drug-likeness (QED) is 0.243. The number of anilines is 2. The number of nitrogens with one attached hydrogen (secondary N) is 1. The van der Waals surface area contributed by atoms with Crippen LogP contribution in [0.25, 0.3) is 28.4 Å². The molecule has 0 unspecified atom stereocenters. The minimum atomic E-state index is -1.02. The number of aromatic nitrogens is 6. The average molecular weight is 611 g/mol. The molecule has 1 fully saturated rings. The highest BCUT2D eigenvalue weighted by atomic mass is 32.2. The Morgan fingerprint density at radius 1 is 1.14 bits per heavy atom. The largest absolute Gasteiger partial charge is 0.461 e. The van der Waals surface area contributed by atoms with Crippen molar-refractivity contribution in [3.8, 4) is 11.6 Å². The number of benzene rings is 1. The molecule has 1 aromatic carbocycles. The summed E-state index contributed by atoms with van der Waals surface area (Å²) in [4.78, 5) is 38.7. The molecule has 4 aromatic heterocycles. The monoisotopic (exact) mass is 610 g/mol. The molecule has 14 nitrogen and oxygen atoms in total. The highest BCUT2D eigenvalue weighted by molar-refractivity contribution is 7.84. The van der Waals surface area contributed by atoms with Gasteiger partial charge in [0.2, 0.25) is 11.8 Å². The van der Waals surface area contributed by atoms with E-state index in [4.69, 9.17) is 10.2 Å². The van der Waals surface area contributed by atoms with Crippen molar-refractivity contribution >= 4 is 45.2 Å². The van der Waals surface area contributed by atoms with Crippen molar-refractivity contribution in [2.75, 3.05) is 61.9 Å². The minimum Gasteiger partial charge on any atom is -0.461 e. The lowest BCUT2D eigenvalue weighted by Gasteiger charge is -2.36. The first-order chi connectivity index (χ1) is 20.7. The number of fused-ring (bicyclic) bond motifs is 3. The molecule has 6 rings (SSSR count). The Labute approximate surface area is 247 Å². The van der Waals surface area contributed by atoms with Gasteiger partial charge in [-0.3, -0.25) is 23.0 Å². The zero-order valence-electron chi connectivity index (χ0n) is 23.7. The van der Waals surface area contributed by atoms with Crippen LogP contribution in [0, 0.1) is 5.82 Å². The summed E-state index contributed by atoms with van der Waals surface area (Å²) < 4.78 is 36.1. The smallest absolute Gasteiger partial charge is 0.330 e. The number of amides is 1. The van der Waals surface area contributed by atoms with Crippen molar-refractivity contribution in [1.82, 2.24) is 38.9 Å². The first-order valence-electron chi connectivity index (χ1n) is 13.7. The van der Waals surface area contributed by atoms with Gasteiger partial charge in [0.1, 0.15) is 11.3 Å². The number of nitrogens with two attached hydrogens (primary N) is 1. The lowest BCUT2D eigenvalue weighted by atomic mass is 10.1. The maximum atomic E-state index is 15.0. The highest BCUT2D eigenvalue weighted by Gasteiger charge is 2.24. The molecule has 226 valence electrons. The van der Waals surface area contributed by atoms with Gasteiger partial charge in [-0.05, 0) is 30.3 Å². The van der Waals surface area contributed by atoms with Gasteiger partial charge < -0.3 is 20.4 Å². The lowest BCUT2D eigenvalue weighted by molar-refractivity contribution is 0.0955. The molecule has 1 amide bonds. The van der Waals surface area contributed by atoms with Gasteiger partial charge in [-0.1, -0.05) is 0 Å². The standard InChI is InChI=1S/C27H31FN10O4S/c1-34-21-23(32-26(29)38-24(21)31-22(33-38)20-4-3-14-42-20)37(27(34)40)13-10-35-8-11-36(12-9-35)19-6-5-17(16-18(19)28)25(39)30-7-15-43(2)41/h3-6,14,16H,7-13,15H2,1-2H3,(H2,29,32)(H,30,39)/t43-/m1/s1. The summed E-state index contributed by atoms with van der Waals surface area (Å²) in [6, 6.07) is 7.92. The number of hydrogen-bond acceptors (Lipinski definition) is 10. The van der Waals surface area contributed by atoms with Crippen molar-refractivity contribution in [3.05, 3.63) is 58.5 Å². The van der Waals surface area contributed by atoms with Crippen molar-refractivity contribution in [3.63, 3.8) is 0 Å². The number of nitrogen functional groups attached to an aromatic ring is 1. The minimum absolute atomic E-state index is 0.101. The number of carbonyl (C=O) groups is 1. The molecule has 0 bridgehead atoms. The van der Waals surface area contributed by atoms with Crippen LogP contribution in [0.4, 0.5) is 16.0 Å². The fraction of sp³-hybridized carbons (Fsp3) is 0.370. The summed E-state index contributed by atoms with van der Waals surface area (Å²) in [5.41, 5.74) is 7.96. The number of rotatable bonds is 9. The summed E-state index contributed by atoms with van der Waals surface area (Å²) in [5.74, 6) is 0.385. The Balaban J connectivity index is 1.12. The molecule has 0 saturated carbocycles. The molecule has 0 radical (unpaired) electrons. The van der Waals surface area contributed by atoms with Crippen LogP contribution in [0.1, 0.15) is 10.4 Å². The molecular formula is C27H31FN10O4S. The maximum Gasteiger partial charge on any atom is 0.330 e. The maximum absolute atomic E-state index is 15.0. The summed E-state index contributed by atoms with van der Waals surface area (Å²) >= 11 is 0. The highest BCUT2D eigenvalue weighted by Crippen LogP contribution is 2.24. The van der Waals surface area contributed by atoms with Crippen LogP contribution in [-0.4, -0.2) is 95.0 Å². The SMILES string of the molecule is Cn1c(=O)n(CCN2CCN(c3ccc(C(=O)NCC[S@@](C)=O)cc3F)CC2)c2nc(N)n3nc(-c4ccco4)nc3c21. The van der Waals surface area contributed by atoms with E-state index in [1.54, 1.807) is 42.1 Å². The molecule has 43 heavy (non-hydrogen) atoms. The van der Waals surface area contributed by atoms with E-state index in [2.05, 4.69) is 25.3 Å². The lowest BCUT2D eigenvalue weighted by Crippen LogP contribution is -2.47. The second kappa shape index (κ2) is 11.6. The first-order valence-corrected chi connectivity index (χ1v) is 15.4. The predicted molar refractivity (Wildman–Crippen MR) is 160 cm³/mol. The second-order valence-corrected chi connectivity index (χ2v) is 11.9. The van der Waals surface area contributed by atoms with E-state index < -0.39 is 22.5 Å². The fourth-order valence-electron chi connectivity index (χ4n) is 5.27. The molecule has 1 aliphatic rings. The summed E-state index contributed by atoms with van der Waals surface area (Å²) in [6.07, 6.45) is 3.09. The van der Waals surface area contributed by atoms with E-state index in [1.807, 2.05) is 4.90 Å². The van der Waals surface area contributed by atoms with Crippen molar-refractivity contribution in [2.24, 2.45) is 7.05 Å². The Morgan fingerprint density at radius 2 is 1.93 bits per heavy atom. The molecule has 1 saturated heterocycles. The zero-order valence-corrected chi connectivity index (χ0v) is 24.5. The number of hydrogen-bond donors (Lipinski definition) is 2. The van der Waals surface area contributed by atoms with E-state index in [9.17, 15) is 18.2 Å². The van der Waals surface area contributed by atoms with Crippen molar-refractivity contribution in [2.45, 2.75) is 6.54 Å². The third kappa shape index (κ3) is 5.50. The third-order valence-corrected chi connectivity index (χ3v) is 8.34. The van der Waals surface area contributed by atoms with E-state index in [-0.39, 0.29) is 23.7 Å². The number of carbonyl (C=O) groups excluding carboxylic acids is 1. The van der Waals surface area contributed by atoms with Gasteiger partial charge in [-0.2, -0.15) is 9.50 Å². The van der Waals surface area contributed by atoms with E-state index in [0.717, 1.165) is 0 Å². The van der Waals surface area contributed by atoms with Crippen LogP contribution in [0.5, 0.6) is 0 Å². The Morgan fingerprint density at radius 3 is 2.63 bits per heavy atom. The van der Waals surface area contributed by atoms with Gasteiger partial charge in [-0.25, -0.2) is 14.2 Å². The fourth-order valence-corrected chi connectivity index (χ4v) is 5.66. The second-order valence-electron chi connectivity index (χ2n) is 10.3. The topological polar surface area (TPSA) is 162 Å². The van der Waals surface area contributed by atoms with Crippen LogP contribution >= 0.6 is 0 Å². The van der Waals surface area contributed by atoms with Gasteiger partial charge in [0, 0.05) is 81.2 Å². The van der Waals surface area contributed by atoms with E-state index >= 15 is 0 Å². The van der Waals surface area contributed by atoms with Crippen molar-refractivity contribution in [1.29, 1.82) is 0 Å². The Hall–Kier alpha value is -4.57. The van der Waals surface area contributed by atoms with Crippen LogP contribution in [0.3, 0.4) is 0 Å². The van der Waals surface area contributed by atoms with Gasteiger partial charge in [-0.15, -0.1) is 5.10 Å². The van der Waals surface area contributed by atoms with Gasteiger partial charge in [0.05, 0.1) is 12.0 Å². The molecule has 16 heteroatoms. The van der Waals surface area contributed by atoms with Crippen LogP contribution in [0.2, 0.25) is 0 Å². The molecule has 1 aliphatic heterocycles. The van der Waals surface area contributed by atoms with E-state index in [1.165, 1.54) is 21.4 Å². The number of piperazine rings is 1. The molecule has 1 atom stereocenters. The number of imidazole rings is 1. The molecule has 5 heterocycles. The summed E-state index contributed by atoms with van der Waals surface area (Å²) in [6.45, 7) is 3.69. The molecular weight excluding hydrogens is 579 g/mol. The van der Waals surface area contributed by atoms with Crippen molar-refractivity contribution < 1.29 is 17.8 Å². The average Bonchev–Trinajstić information content (AvgIpc) is 3.72. The zero-order chi connectivity index (χ0) is 30.2. The first kappa shape index (κ1) is 28.5. The molecule has 5 aromatic rings. The number of furan rings is 1. The number of aryl methyl sites for hydroxylation is 1. The molecule has 0 aliphatic carbocycles. The normalized spacial score (nSPS) is 15.0. The van der Waals surface area contributed by atoms with Gasteiger partial charge in [0.15, 0.2) is 17.1 Å². The van der Waals surface area contributed by atoms with Gasteiger partial charge in [0.25, 0.3) is 5.91 Å². The van der Waals surface area contributed by atoms with Gasteiger partial charge >= 0.3 is 5.69 Å². The summed E-state index contributed by atoms with van der Waals surface area (Å²) in [7, 11) is 0.646. The number of halogens is 1. The van der Waals surface area contributed by atoms with E-state index in [0.29, 0.717) is 79.1 Å².